The van der Waals surface area contributed by atoms with Crippen LogP contribution in [0.2, 0.25) is 0 Å². The Labute approximate surface area is 160 Å². The standard InChI is InChI=1S/C14H18N6O7S/c1-20-11(8(7-15-20)12-26-4-5-27-12)28(22,23)19-14(21)18-13-16-9(24-2)6-10(17-13)25-3/h6-7,12H,4-5H2,1-3H3,(H2,16,17,18,19,21). The van der Waals surface area contributed by atoms with E-state index in [-0.39, 0.29) is 28.3 Å². The summed E-state index contributed by atoms with van der Waals surface area (Å²) in [7, 11) is -0.152. The molecule has 2 aromatic heterocycles. The van der Waals surface area contributed by atoms with Crippen molar-refractivity contribution in [3.63, 3.8) is 0 Å². The van der Waals surface area contributed by atoms with E-state index in [9.17, 15) is 13.2 Å². The third-order valence-electron chi connectivity index (χ3n) is 3.59. The Bertz CT molecular complexity index is 948. The molecule has 3 rings (SSSR count). The van der Waals surface area contributed by atoms with Gasteiger partial charge in [0.15, 0.2) is 11.3 Å². The molecule has 2 amide bonds. The van der Waals surface area contributed by atoms with Gasteiger partial charge in [-0.15, -0.1) is 0 Å². The van der Waals surface area contributed by atoms with E-state index >= 15 is 0 Å². The molecule has 13 nitrogen and oxygen atoms in total. The van der Waals surface area contributed by atoms with E-state index in [0.717, 1.165) is 4.68 Å². The molecule has 0 unspecified atom stereocenters. The molecule has 1 aliphatic rings. The molecular formula is C14H18N6O7S. The van der Waals surface area contributed by atoms with Gasteiger partial charge in [0.05, 0.1) is 45.3 Å². The number of urea groups is 1. The van der Waals surface area contributed by atoms with Crippen molar-refractivity contribution in [2.24, 2.45) is 7.05 Å². The monoisotopic (exact) mass is 414 g/mol. The van der Waals surface area contributed by atoms with Crippen molar-refractivity contribution >= 4 is 22.0 Å². The van der Waals surface area contributed by atoms with Crippen molar-refractivity contribution in [1.82, 2.24) is 24.5 Å². The van der Waals surface area contributed by atoms with Crippen LogP contribution in [0, 0.1) is 0 Å². The first-order valence-corrected chi connectivity index (χ1v) is 9.38. The molecule has 0 aliphatic carbocycles. The van der Waals surface area contributed by atoms with E-state index in [0.29, 0.717) is 13.2 Å². The number of methoxy groups -OCH3 is 2. The summed E-state index contributed by atoms with van der Waals surface area (Å²) in [5, 5.41) is 5.86. The molecule has 0 aromatic carbocycles. The quantitative estimate of drug-likeness (QED) is 0.648. The largest absolute Gasteiger partial charge is 0.481 e. The third-order valence-corrected chi connectivity index (χ3v) is 5.05. The molecule has 28 heavy (non-hydrogen) atoms. The molecule has 14 heteroatoms. The van der Waals surface area contributed by atoms with E-state index in [1.165, 1.54) is 33.5 Å². The number of nitrogens with one attached hydrogen (secondary N) is 2. The predicted octanol–water partition coefficient (Wildman–Crippen LogP) is -0.217. The highest BCUT2D eigenvalue weighted by Crippen LogP contribution is 2.28. The number of sulfonamides is 1. The topological polar surface area (TPSA) is 156 Å². The maximum absolute atomic E-state index is 12.7. The SMILES string of the molecule is COc1cc(OC)nc(NC(=O)NS(=O)(=O)c2c(C3OCCO3)cnn2C)n1. The van der Waals surface area contributed by atoms with E-state index in [1.54, 1.807) is 0 Å². The van der Waals surface area contributed by atoms with Gasteiger partial charge in [0.25, 0.3) is 10.0 Å². The lowest BCUT2D eigenvalue weighted by Crippen LogP contribution is -2.36. The van der Waals surface area contributed by atoms with Crippen molar-refractivity contribution in [3.05, 3.63) is 17.8 Å². The van der Waals surface area contributed by atoms with Crippen LogP contribution in [0.1, 0.15) is 11.9 Å². The Balaban J connectivity index is 1.80. The number of hydrogen-bond acceptors (Lipinski definition) is 10. The average molecular weight is 414 g/mol. The highest BCUT2D eigenvalue weighted by molar-refractivity contribution is 7.90. The molecule has 2 N–H and O–H groups in total. The zero-order valence-corrected chi connectivity index (χ0v) is 16.0. The summed E-state index contributed by atoms with van der Waals surface area (Å²) in [6, 6.07) is 0.305. The van der Waals surface area contributed by atoms with Gasteiger partial charge in [0, 0.05) is 7.05 Å². The molecule has 0 bridgehead atoms. The number of rotatable bonds is 6. The number of carbonyl (C=O) groups is 1. The highest BCUT2D eigenvalue weighted by atomic mass is 32.2. The Kier molecular flexibility index (Phi) is 5.62. The summed E-state index contributed by atoms with van der Waals surface area (Å²) >= 11 is 0. The summed E-state index contributed by atoms with van der Waals surface area (Å²) < 4.78 is 49.0. The highest BCUT2D eigenvalue weighted by Gasteiger charge is 2.32. The van der Waals surface area contributed by atoms with Crippen LogP contribution in [0.15, 0.2) is 17.3 Å². The van der Waals surface area contributed by atoms with E-state index in [4.69, 9.17) is 18.9 Å². The first-order chi connectivity index (χ1) is 13.3. The van der Waals surface area contributed by atoms with Gasteiger partial charge in [0.1, 0.15) is 0 Å². The van der Waals surface area contributed by atoms with Gasteiger partial charge in [0.2, 0.25) is 17.7 Å². The van der Waals surface area contributed by atoms with Crippen molar-refractivity contribution in [2.45, 2.75) is 11.3 Å². The van der Waals surface area contributed by atoms with Gasteiger partial charge in [-0.25, -0.2) is 9.52 Å². The number of amides is 2. The molecule has 0 saturated carbocycles. The second-order valence-electron chi connectivity index (χ2n) is 5.44. The lowest BCUT2D eigenvalue weighted by molar-refractivity contribution is -0.0463. The third kappa shape index (κ3) is 4.13. The molecule has 0 atom stereocenters. The molecule has 1 fully saturated rings. The fourth-order valence-electron chi connectivity index (χ4n) is 2.44. The van der Waals surface area contributed by atoms with Gasteiger partial charge in [-0.1, -0.05) is 0 Å². The van der Waals surface area contributed by atoms with Crippen molar-refractivity contribution in [2.75, 3.05) is 32.8 Å². The molecule has 152 valence electrons. The van der Waals surface area contributed by atoms with Crippen molar-refractivity contribution in [1.29, 1.82) is 0 Å². The fourth-order valence-corrected chi connectivity index (χ4v) is 3.68. The van der Waals surface area contributed by atoms with Crippen LogP contribution in [0.25, 0.3) is 0 Å². The normalized spacial score (nSPS) is 14.7. The zero-order chi connectivity index (χ0) is 20.3. The van der Waals surface area contributed by atoms with E-state index in [1.807, 2.05) is 4.72 Å². The van der Waals surface area contributed by atoms with Crippen LogP contribution < -0.4 is 19.5 Å². The van der Waals surface area contributed by atoms with Gasteiger partial charge < -0.3 is 18.9 Å². The minimum Gasteiger partial charge on any atom is -0.481 e. The van der Waals surface area contributed by atoms with Crippen LogP contribution in [0.5, 0.6) is 11.8 Å². The first kappa shape index (κ1) is 19.8. The van der Waals surface area contributed by atoms with Gasteiger partial charge in [-0.05, 0) is 0 Å². The van der Waals surface area contributed by atoms with Crippen molar-refractivity contribution < 1.29 is 32.2 Å². The number of hydrogen-bond donors (Lipinski definition) is 2. The van der Waals surface area contributed by atoms with Crippen LogP contribution in [0.3, 0.4) is 0 Å². The zero-order valence-electron chi connectivity index (χ0n) is 15.2. The van der Waals surface area contributed by atoms with Gasteiger partial charge in [-0.2, -0.15) is 23.5 Å². The summed E-state index contributed by atoms with van der Waals surface area (Å²) in [5.74, 6) is 0.0282. The number of carbonyl (C=O) groups excluding carboxylic acids is 1. The second kappa shape index (κ2) is 7.95. The van der Waals surface area contributed by atoms with Crippen LogP contribution in [0.4, 0.5) is 10.7 Å². The smallest absolute Gasteiger partial charge is 0.335 e. The minimum absolute atomic E-state index is 0.120. The summed E-state index contributed by atoms with van der Waals surface area (Å²) in [6.07, 6.45) is 0.424. The fraction of sp³-hybridized carbons (Fsp3) is 0.429. The Morgan fingerprint density at radius 1 is 1.21 bits per heavy atom. The van der Waals surface area contributed by atoms with Crippen LogP contribution in [-0.2, 0) is 26.5 Å². The number of ether oxygens (including phenoxy) is 4. The summed E-state index contributed by atoms with van der Waals surface area (Å²) in [4.78, 5) is 20.0. The second-order valence-corrected chi connectivity index (χ2v) is 7.04. The number of nitrogens with zero attached hydrogens (tertiary/aromatic N) is 4. The number of anilines is 1. The van der Waals surface area contributed by atoms with Gasteiger partial charge >= 0.3 is 6.03 Å². The summed E-state index contributed by atoms with van der Waals surface area (Å²) in [5.41, 5.74) is 0.180. The number of aromatic nitrogens is 4. The molecule has 1 saturated heterocycles. The molecule has 3 heterocycles. The van der Waals surface area contributed by atoms with Crippen LogP contribution in [-0.4, -0.2) is 61.6 Å². The van der Waals surface area contributed by atoms with Gasteiger partial charge in [-0.3, -0.25) is 10.00 Å². The Morgan fingerprint density at radius 2 is 1.82 bits per heavy atom. The molecular weight excluding hydrogens is 396 g/mol. The summed E-state index contributed by atoms with van der Waals surface area (Å²) in [6.45, 7) is 0.643. The van der Waals surface area contributed by atoms with Crippen molar-refractivity contribution in [3.8, 4) is 11.8 Å². The number of aryl methyl sites for hydroxylation is 1. The average Bonchev–Trinajstić information content (AvgIpc) is 3.30. The molecule has 0 radical (unpaired) electrons. The Morgan fingerprint density at radius 3 is 2.39 bits per heavy atom. The minimum atomic E-state index is -4.31. The molecule has 1 aliphatic heterocycles. The van der Waals surface area contributed by atoms with Crippen LogP contribution >= 0.6 is 0 Å². The molecule has 2 aromatic rings. The lowest BCUT2D eigenvalue weighted by atomic mass is 10.3. The lowest BCUT2D eigenvalue weighted by Gasteiger charge is -2.13. The first-order valence-electron chi connectivity index (χ1n) is 7.90. The predicted molar refractivity (Wildman–Crippen MR) is 92.3 cm³/mol. The maximum Gasteiger partial charge on any atom is 0.335 e. The molecule has 0 spiro atoms. The Hall–Kier alpha value is -2.97. The maximum atomic E-state index is 12.7. The van der Waals surface area contributed by atoms with E-state index in [2.05, 4.69) is 20.4 Å². The van der Waals surface area contributed by atoms with E-state index < -0.39 is 22.3 Å².